The van der Waals surface area contributed by atoms with Crippen molar-refractivity contribution in [3.63, 3.8) is 0 Å². The summed E-state index contributed by atoms with van der Waals surface area (Å²) < 4.78 is 0. The molecule has 0 spiro atoms. The van der Waals surface area contributed by atoms with Crippen molar-refractivity contribution in [1.29, 1.82) is 0 Å². The van der Waals surface area contributed by atoms with Gasteiger partial charge in [0.15, 0.2) is 0 Å². The van der Waals surface area contributed by atoms with Gasteiger partial charge in [-0.1, -0.05) is 13.0 Å². The minimum Gasteiger partial charge on any atom is -0.323 e. The highest BCUT2D eigenvalue weighted by atomic mass is 15.3. The van der Waals surface area contributed by atoms with Gasteiger partial charge in [-0.15, -0.1) is 0 Å². The van der Waals surface area contributed by atoms with Crippen LogP contribution in [0.2, 0.25) is 0 Å². The van der Waals surface area contributed by atoms with Crippen LogP contribution in [0.5, 0.6) is 0 Å². The summed E-state index contributed by atoms with van der Waals surface area (Å²) in [6.45, 7) is 11.1. The van der Waals surface area contributed by atoms with Gasteiger partial charge in [-0.2, -0.15) is 0 Å². The SMILES string of the molecule is CC[C@@H](C)[NH+]1CC[NH+](Cc2cccnc2)CC1. The molecule has 1 fully saturated rings. The van der Waals surface area contributed by atoms with Crippen molar-refractivity contribution in [2.75, 3.05) is 26.2 Å². The highest BCUT2D eigenvalue weighted by Crippen LogP contribution is 1.92. The fraction of sp³-hybridized carbons (Fsp3) is 0.643. The first kappa shape index (κ1) is 12.5. The number of hydrogen-bond donors (Lipinski definition) is 2. The first-order valence-electron chi connectivity index (χ1n) is 6.86. The van der Waals surface area contributed by atoms with Gasteiger partial charge in [-0.25, -0.2) is 0 Å². The number of aromatic nitrogens is 1. The number of nitrogens with one attached hydrogen (secondary N) is 2. The van der Waals surface area contributed by atoms with Crippen LogP contribution in [0.4, 0.5) is 0 Å². The molecule has 0 radical (unpaired) electrons. The second kappa shape index (κ2) is 6.12. The molecular weight excluding hydrogens is 210 g/mol. The Balaban J connectivity index is 1.80. The molecule has 3 heteroatoms. The summed E-state index contributed by atoms with van der Waals surface area (Å²) in [6.07, 6.45) is 5.15. The maximum atomic E-state index is 4.19. The van der Waals surface area contributed by atoms with E-state index in [0.717, 1.165) is 12.6 Å². The largest absolute Gasteiger partial charge is 0.323 e. The molecule has 17 heavy (non-hydrogen) atoms. The zero-order valence-corrected chi connectivity index (χ0v) is 11.1. The predicted octanol–water partition coefficient (Wildman–Crippen LogP) is -0.836. The zero-order chi connectivity index (χ0) is 12.1. The molecule has 0 aliphatic carbocycles. The number of nitrogens with zero attached hydrogens (tertiary/aromatic N) is 1. The zero-order valence-electron chi connectivity index (χ0n) is 11.1. The van der Waals surface area contributed by atoms with Crippen molar-refractivity contribution in [2.45, 2.75) is 32.9 Å². The topological polar surface area (TPSA) is 21.8 Å². The summed E-state index contributed by atoms with van der Waals surface area (Å²) in [5.74, 6) is 0. The molecule has 2 rings (SSSR count). The van der Waals surface area contributed by atoms with Crippen LogP contribution in [0.3, 0.4) is 0 Å². The summed E-state index contributed by atoms with van der Waals surface area (Å²) in [5, 5.41) is 0. The summed E-state index contributed by atoms with van der Waals surface area (Å²) in [4.78, 5) is 7.70. The van der Waals surface area contributed by atoms with E-state index in [1.165, 1.54) is 38.2 Å². The molecule has 0 saturated carbocycles. The average molecular weight is 235 g/mol. The lowest BCUT2D eigenvalue weighted by Gasteiger charge is -2.32. The van der Waals surface area contributed by atoms with Gasteiger partial charge in [0.2, 0.25) is 0 Å². The van der Waals surface area contributed by atoms with Crippen molar-refractivity contribution in [3.05, 3.63) is 30.1 Å². The third-order valence-corrected chi connectivity index (χ3v) is 4.09. The summed E-state index contributed by atoms with van der Waals surface area (Å²) in [7, 11) is 0. The normalized spacial score (nSPS) is 26.7. The lowest BCUT2D eigenvalue weighted by molar-refractivity contribution is -1.03. The third kappa shape index (κ3) is 3.51. The minimum atomic E-state index is 0.829. The summed E-state index contributed by atoms with van der Waals surface area (Å²) >= 11 is 0. The van der Waals surface area contributed by atoms with E-state index in [9.17, 15) is 0 Å². The predicted molar refractivity (Wildman–Crippen MR) is 69.1 cm³/mol. The van der Waals surface area contributed by atoms with Crippen molar-refractivity contribution >= 4 is 0 Å². The van der Waals surface area contributed by atoms with Gasteiger partial charge in [0.05, 0.1) is 6.04 Å². The number of rotatable bonds is 4. The number of quaternary nitrogens is 2. The Kier molecular flexibility index (Phi) is 4.51. The Labute approximate surface area is 104 Å². The lowest BCUT2D eigenvalue weighted by Crippen LogP contribution is -3.29. The molecule has 0 bridgehead atoms. The molecule has 1 atom stereocenters. The fourth-order valence-electron chi connectivity index (χ4n) is 2.67. The van der Waals surface area contributed by atoms with Crippen LogP contribution in [-0.4, -0.2) is 37.2 Å². The van der Waals surface area contributed by atoms with Crippen LogP contribution in [0.1, 0.15) is 25.8 Å². The van der Waals surface area contributed by atoms with Crippen molar-refractivity contribution in [2.24, 2.45) is 0 Å². The fourth-order valence-corrected chi connectivity index (χ4v) is 2.67. The molecule has 1 aliphatic heterocycles. The van der Waals surface area contributed by atoms with Crippen LogP contribution >= 0.6 is 0 Å². The molecule has 0 unspecified atom stereocenters. The Hall–Kier alpha value is -0.930. The molecule has 1 aliphatic rings. The van der Waals surface area contributed by atoms with E-state index in [1.807, 2.05) is 18.5 Å². The van der Waals surface area contributed by atoms with Crippen LogP contribution in [0.15, 0.2) is 24.5 Å². The second-order valence-electron chi connectivity index (χ2n) is 5.26. The summed E-state index contributed by atoms with van der Waals surface area (Å²) in [5.41, 5.74) is 1.37. The van der Waals surface area contributed by atoms with Gasteiger partial charge in [0.1, 0.15) is 32.7 Å². The van der Waals surface area contributed by atoms with Crippen molar-refractivity contribution < 1.29 is 9.80 Å². The maximum absolute atomic E-state index is 4.19. The molecule has 2 N–H and O–H groups in total. The Bertz CT molecular complexity index is 317. The van der Waals surface area contributed by atoms with E-state index in [1.54, 1.807) is 9.80 Å². The van der Waals surface area contributed by atoms with E-state index in [2.05, 4.69) is 24.9 Å². The highest BCUT2D eigenvalue weighted by Gasteiger charge is 2.25. The van der Waals surface area contributed by atoms with E-state index in [-0.39, 0.29) is 0 Å². The molecule has 1 aromatic rings. The quantitative estimate of drug-likeness (QED) is 0.698. The molecule has 3 nitrogen and oxygen atoms in total. The molecule has 94 valence electrons. The molecule has 0 aromatic carbocycles. The van der Waals surface area contributed by atoms with Crippen LogP contribution in [0, 0.1) is 0 Å². The van der Waals surface area contributed by atoms with E-state index >= 15 is 0 Å². The Morgan fingerprint density at radius 3 is 2.65 bits per heavy atom. The smallest absolute Gasteiger partial charge is 0.127 e. The van der Waals surface area contributed by atoms with Crippen LogP contribution in [0.25, 0.3) is 0 Å². The molecule has 0 amide bonds. The van der Waals surface area contributed by atoms with E-state index < -0.39 is 0 Å². The van der Waals surface area contributed by atoms with Gasteiger partial charge in [0.25, 0.3) is 0 Å². The van der Waals surface area contributed by atoms with Gasteiger partial charge in [-0.3, -0.25) is 4.98 Å². The van der Waals surface area contributed by atoms with Crippen LogP contribution < -0.4 is 9.80 Å². The highest BCUT2D eigenvalue weighted by molar-refractivity contribution is 5.06. The van der Waals surface area contributed by atoms with Gasteiger partial charge < -0.3 is 9.80 Å². The first-order valence-corrected chi connectivity index (χ1v) is 6.86. The van der Waals surface area contributed by atoms with Gasteiger partial charge in [0, 0.05) is 18.0 Å². The number of hydrogen-bond acceptors (Lipinski definition) is 1. The maximum Gasteiger partial charge on any atom is 0.127 e. The first-order chi connectivity index (χ1) is 8.29. The Morgan fingerprint density at radius 1 is 1.29 bits per heavy atom. The number of piperazine rings is 1. The second-order valence-corrected chi connectivity index (χ2v) is 5.26. The summed E-state index contributed by atoms with van der Waals surface area (Å²) in [6, 6.07) is 5.05. The standard InChI is InChI=1S/C14H23N3/c1-3-13(2)17-9-7-16(8-10-17)12-14-5-4-6-15-11-14/h4-6,11,13H,3,7-10,12H2,1-2H3/p+2/t13-/m1/s1. The minimum absolute atomic E-state index is 0.829. The Morgan fingerprint density at radius 2 is 2.06 bits per heavy atom. The lowest BCUT2D eigenvalue weighted by atomic mass is 10.2. The molecule has 1 aromatic heterocycles. The molecular formula is C14H25N3+2. The van der Waals surface area contributed by atoms with E-state index in [4.69, 9.17) is 0 Å². The average Bonchev–Trinajstić information content (AvgIpc) is 2.40. The van der Waals surface area contributed by atoms with E-state index in [0.29, 0.717) is 0 Å². The third-order valence-electron chi connectivity index (χ3n) is 4.09. The van der Waals surface area contributed by atoms with Gasteiger partial charge >= 0.3 is 0 Å². The van der Waals surface area contributed by atoms with Gasteiger partial charge in [-0.05, 0) is 19.4 Å². The molecule has 1 saturated heterocycles. The monoisotopic (exact) mass is 235 g/mol. The van der Waals surface area contributed by atoms with Crippen molar-refractivity contribution in [1.82, 2.24) is 4.98 Å². The van der Waals surface area contributed by atoms with Crippen LogP contribution in [-0.2, 0) is 6.54 Å². The van der Waals surface area contributed by atoms with Crippen molar-refractivity contribution in [3.8, 4) is 0 Å². The molecule has 2 heterocycles. The number of pyridine rings is 1.